The van der Waals surface area contributed by atoms with Gasteiger partial charge in [0.25, 0.3) is 0 Å². The van der Waals surface area contributed by atoms with Gasteiger partial charge in [0, 0.05) is 44.0 Å². The number of pyridine rings is 1. The third-order valence-corrected chi connectivity index (χ3v) is 6.00. The first-order valence-corrected chi connectivity index (χ1v) is 10.7. The lowest BCUT2D eigenvalue weighted by Gasteiger charge is -2.31. The lowest BCUT2D eigenvalue weighted by molar-refractivity contribution is 0.101. The van der Waals surface area contributed by atoms with E-state index in [-0.39, 0.29) is 16.8 Å². The number of methoxy groups -OCH3 is 1. The van der Waals surface area contributed by atoms with E-state index >= 15 is 0 Å². The number of ketones is 1. The van der Waals surface area contributed by atoms with Gasteiger partial charge in [-0.1, -0.05) is 17.7 Å². The standard InChI is InChI=1S/C22H20ClNO5S/c1-13(25)15-12-24-17(10-18(15)26)14-9-16(23)20(28-7-4-6-27-2)11-19(14)29-22(24)21-5-3-8-30-21/h3,5,8-12,22H,4,6-7H2,1-2H3/t22-/m0/s1. The zero-order valence-corrected chi connectivity index (χ0v) is 18.1. The number of fused-ring (bicyclic) bond motifs is 3. The van der Waals surface area contributed by atoms with E-state index in [0.717, 1.165) is 11.3 Å². The van der Waals surface area contributed by atoms with Crippen LogP contribution in [0.5, 0.6) is 11.5 Å². The van der Waals surface area contributed by atoms with Crippen LogP contribution in [0.15, 0.2) is 46.7 Å². The number of aromatic nitrogens is 1. The summed E-state index contributed by atoms with van der Waals surface area (Å²) in [5.74, 6) is 0.783. The molecular weight excluding hydrogens is 426 g/mol. The average Bonchev–Trinajstić information content (AvgIpc) is 3.25. The minimum absolute atomic E-state index is 0.122. The number of Topliss-reactive ketones (excluding diaryl/α,β-unsaturated/α-hetero) is 1. The fourth-order valence-electron chi connectivity index (χ4n) is 3.36. The van der Waals surface area contributed by atoms with Gasteiger partial charge in [0.05, 0.1) is 27.8 Å². The Labute approximate surface area is 182 Å². The number of carbonyl (C=O) groups is 1. The maximum absolute atomic E-state index is 12.5. The second kappa shape index (κ2) is 8.63. The molecule has 1 aromatic carbocycles. The Hall–Kier alpha value is -2.61. The summed E-state index contributed by atoms with van der Waals surface area (Å²) in [5, 5.41) is 2.37. The van der Waals surface area contributed by atoms with Gasteiger partial charge in [0.15, 0.2) is 11.2 Å². The normalized spacial score (nSPS) is 14.6. The SMILES string of the molecule is COCCCOc1cc2c(cc1Cl)-c1cc(=O)c(C(C)=O)cn1[C@H](c1cccs1)O2. The van der Waals surface area contributed by atoms with Crippen molar-refractivity contribution in [3.63, 3.8) is 0 Å². The van der Waals surface area contributed by atoms with Crippen LogP contribution in [0.2, 0.25) is 5.02 Å². The highest BCUT2D eigenvalue weighted by Crippen LogP contribution is 2.45. The maximum atomic E-state index is 12.5. The third kappa shape index (κ3) is 3.88. The molecule has 1 atom stereocenters. The molecule has 1 aliphatic rings. The van der Waals surface area contributed by atoms with E-state index in [1.807, 2.05) is 22.1 Å². The van der Waals surface area contributed by atoms with Crippen LogP contribution in [0.1, 0.15) is 34.8 Å². The van der Waals surface area contributed by atoms with Gasteiger partial charge < -0.3 is 18.8 Å². The first-order valence-electron chi connectivity index (χ1n) is 9.42. The summed E-state index contributed by atoms with van der Waals surface area (Å²) < 4.78 is 18.9. The molecule has 0 amide bonds. The molecule has 8 heteroatoms. The second-order valence-corrected chi connectivity index (χ2v) is 8.25. The quantitative estimate of drug-likeness (QED) is 0.386. The van der Waals surface area contributed by atoms with Crippen molar-refractivity contribution in [2.24, 2.45) is 0 Å². The molecule has 3 heterocycles. The molecule has 0 fully saturated rings. The lowest BCUT2D eigenvalue weighted by atomic mass is 10.0. The summed E-state index contributed by atoms with van der Waals surface area (Å²) in [6, 6.07) is 8.82. The van der Waals surface area contributed by atoms with Crippen molar-refractivity contribution in [3.8, 4) is 22.8 Å². The van der Waals surface area contributed by atoms with Crippen molar-refractivity contribution in [2.45, 2.75) is 19.6 Å². The highest BCUT2D eigenvalue weighted by Gasteiger charge is 2.29. The average molecular weight is 446 g/mol. The summed E-state index contributed by atoms with van der Waals surface area (Å²) in [6.07, 6.45) is 1.79. The zero-order chi connectivity index (χ0) is 21.3. The maximum Gasteiger partial charge on any atom is 0.211 e. The number of carbonyl (C=O) groups excluding carboxylic acids is 1. The smallest absolute Gasteiger partial charge is 0.211 e. The van der Waals surface area contributed by atoms with E-state index in [1.54, 1.807) is 25.4 Å². The van der Waals surface area contributed by atoms with Crippen LogP contribution in [0, 0.1) is 0 Å². The fraction of sp³-hybridized carbons (Fsp3) is 0.273. The van der Waals surface area contributed by atoms with E-state index < -0.39 is 6.23 Å². The van der Waals surface area contributed by atoms with Gasteiger partial charge in [-0.25, -0.2) is 0 Å². The van der Waals surface area contributed by atoms with Gasteiger partial charge >= 0.3 is 0 Å². The molecule has 0 saturated heterocycles. The van der Waals surface area contributed by atoms with Crippen molar-refractivity contribution >= 4 is 28.7 Å². The van der Waals surface area contributed by atoms with E-state index in [9.17, 15) is 9.59 Å². The van der Waals surface area contributed by atoms with Crippen molar-refractivity contribution in [3.05, 3.63) is 67.6 Å². The van der Waals surface area contributed by atoms with Crippen LogP contribution in [0.25, 0.3) is 11.3 Å². The molecular formula is C22H20ClNO5S. The predicted molar refractivity (Wildman–Crippen MR) is 116 cm³/mol. The number of halogens is 1. The van der Waals surface area contributed by atoms with Crippen LogP contribution < -0.4 is 14.9 Å². The monoisotopic (exact) mass is 445 g/mol. The Bertz CT molecular complexity index is 1140. The Morgan fingerprint density at radius 3 is 2.83 bits per heavy atom. The van der Waals surface area contributed by atoms with E-state index in [2.05, 4.69) is 0 Å². The number of rotatable bonds is 7. The van der Waals surface area contributed by atoms with E-state index in [4.69, 9.17) is 25.8 Å². The van der Waals surface area contributed by atoms with Gasteiger partial charge in [-0.05, 0) is 24.4 Å². The minimum Gasteiger partial charge on any atom is -0.492 e. The Balaban J connectivity index is 1.81. The van der Waals surface area contributed by atoms with Gasteiger partial charge in [-0.2, -0.15) is 0 Å². The molecule has 3 aromatic rings. The zero-order valence-electron chi connectivity index (χ0n) is 16.5. The molecule has 0 radical (unpaired) electrons. The molecule has 0 unspecified atom stereocenters. The molecule has 2 aromatic heterocycles. The number of benzene rings is 1. The second-order valence-electron chi connectivity index (χ2n) is 6.86. The molecule has 0 aliphatic carbocycles. The van der Waals surface area contributed by atoms with E-state index in [0.29, 0.717) is 41.0 Å². The van der Waals surface area contributed by atoms with Crippen LogP contribution in [0.3, 0.4) is 0 Å². The number of thiophene rings is 1. The predicted octanol–water partition coefficient (Wildman–Crippen LogP) is 4.79. The molecule has 0 N–H and O–H groups in total. The summed E-state index contributed by atoms with van der Waals surface area (Å²) in [4.78, 5) is 25.4. The largest absolute Gasteiger partial charge is 0.492 e. The number of hydrogen-bond acceptors (Lipinski definition) is 6. The van der Waals surface area contributed by atoms with Gasteiger partial charge in [-0.3, -0.25) is 9.59 Å². The Morgan fingerprint density at radius 1 is 1.30 bits per heavy atom. The highest BCUT2D eigenvalue weighted by atomic mass is 35.5. The van der Waals surface area contributed by atoms with Crippen molar-refractivity contribution < 1.29 is 19.0 Å². The van der Waals surface area contributed by atoms with Crippen LogP contribution >= 0.6 is 22.9 Å². The van der Waals surface area contributed by atoms with Crippen molar-refractivity contribution in [1.29, 1.82) is 0 Å². The minimum atomic E-state index is -0.506. The fourth-order valence-corrected chi connectivity index (χ4v) is 4.32. The highest BCUT2D eigenvalue weighted by molar-refractivity contribution is 7.10. The molecule has 1 aliphatic heterocycles. The van der Waals surface area contributed by atoms with Crippen LogP contribution in [-0.2, 0) is 4.74 Å². The summed E-state index contributed by atoms with van der Waals surface area (Å²) in [6.45, 7) is 2.43. The molecule has 0 saturated carbocycles. The summed E-state index contributed by atoms with van der Waals surface area (Å²) >= 11 is 7.98. The lowest BCUT2D eigenvalue weighted by Crippen LogP contribution is -2.26. The van der Waals surface area contributed by atoms with Crippen LogP contribution in [-0.4, -0.2) is 30.7 Å². The number of hydrogen-bond donors (Lipinski definition) is 0. The topological polar surface area (TPSA) is 66.8 Å². The molecule has 6 nitrogen and oxygen atoms in total. The van der Waals surface area contributed by atoms with Gasteiger partial charge in [0.2, 0.25) is 6.23 Å². The Kier molecular flexibility index (Phi) is 5.94. The summed E-state index contributed by atoms with van der Waals surface area (Å²) in [7, 11) is 1.64. The first-order chi connectivity index (χ1) is 14.5. The Morgan fingerprint density at radius 2 is 2.13 bits per heavy atom. The van der Waals surface area contributed by atoms with Gasteiger partial charge in [-0.15, -0.1) is 11.3 Å². The van der Waals surface area contributed by atoms with Crippen molar-refractivity contribution in [2.75, 3.05) is 20.3 Å². The first kappa shape index (κ1) is 20.7. The third-order valence-electron chi connectivity index (χ3n) is 4.80. The van der Waals surface area contributed by atoms with E-state index in [1.165, 1.54) is 24.3 Å². The summed E-state index contributed by atoms with van der Waals surface area (Å²) in [5.41, 5.74) is 1.10. The van der Waals surface area contributed by atoms with Crippen molar-refractivity contribution in [1.82, 2.24) is 4.57 Å². The number of ether oxygens (including phenoxy) is 3. The molecule has 0 spiro atoms. The molecule has 0 bridgehead atoms. The molecule has 156 valence electrons. The number of nitrogens with zero attached hydrogens (tertiary/aromatic N) is 1. The van der Waals surface area contributed by atoms with Crippen LogP contribution in [0.4, 0.5) is 0 Å². The van der Waals surface area contributed by atoms with Gasteiger partial charge in [0.1, 0.15) is 11.5 Å². The molecule has 30 heavy (non-hydrogen) atoms. The molecule has 4 rings (SSSR count).